The van der Waals surface area contributed by atoms with Crippen molar-refractivity contribution in [2.45, 2.75) is 31.6 Å². The molecule has 2 rings (SSSR count). The Kier molecular flexibility index (Phi) is 5.58. The van der Waals surface area contributed by atoms with Crippen molar-refractivity contribution in [3.8, 4) is 0 Å². The number of benzene rings is 1. The number of carbonyl (C=O) groups excluding carboxylic acids is 1. The van der Waals surface area contributed by atoms with Crippen molar-refractivity contribution >= 4 is 15.7 Å². The maximum Gasteiger partial charge on any atom is 0.223 e. The predicted molar refractivity (Wildman–Crippen MR) is 86.7 cm³/mol. The van der Waals surface area contributed by atoms with Crippen molar-refractivity contribution in [1.29, 1.82) is 0 Å². The first kappa shape index (κ1) is 17.0. The zero-order chi connectivity index (χ0) is 16.2. The molecule has 1 aliphatic carbocycles. The van der Waals surface area contributed by atoms with Crippen LogP contribution < -0.4 is 11.1 Å². The molecule has 0 aromatic heterocycles. The third kappa shape index (κ3) is 4.81. The van der Waals surface area contributed by atoms with E-state index in [1.165, 1.54) is 6.26 Å². The minimum atomic E-state index is -3.02. The first-order chi connectivity index (χ1) is 10.4. The lowest BCUT2D eigenvalue weighted by molar-refractivity contribution is -0.126. The predicted octanol–water partition coefficient (Wildman–Crippen LogP) is 1.22. The van der Waals surface area contributed by atoms with E-state index in [0.717, 1.165) is 30.4 Å². The molecule has 2 atom stereocenters. The van der Waals surface area contributed by atoms with Gasteiger partial charge in [0.1, 0.15) is 0 Å². The summed E-state index contributed by atoms with van der Waals surface area (Å²) in [6.07, 6.45) is 4.24. The van der Waals surface area contributed by atoms with Gasteiger partial charge in [0.15, 0.2) is 9.84 Å². The monoisotopic (exact) mass is 324 g/mol. The van der Waals surface area contributed by atoms with E-state index in [2.05, 4.69) is 5.32 Å². The fraction of sp³-hybridized carbons (Fsp3) is 0.562. The van der Waals surface area contributed by atoms with Gasteiger partial charge in [0.05, 0.1) is 5.75 Å². The fourth-order valence-corrected chi connectivity index (χ4v) is 3.84. The number of sulfone groups is 1. The molecular formula is C16H24N2O3S. The molecule has 5 nitrogen and oxygen atoms in total. The van der Waals surface area contributed by atoms with Crippen molar-refractivity contribution in [2.24, 2.45) is 17.6 Å². The number of rotatable bonds is 6. The number of nitrogens with one attached hydrogen (secondary N) is 1. The van der Waals surface area contributed by atoms with E-state index in [4.69, 9.17) is 5.73 Å². The van der Waals surface area contributed by atoms with Crippen LogP contribution in [0.3, 0.4) is 0 Å². The van der Waals surface area contributed by atoms with E-state index in [1.54, 1.807) is 12.1 Å². The SMILES string of the molecule is CS(=O)(=O)Cc1ccc(CNC(=O)[C@@H]2CCC[C@@H]2CN)cc1. The summed E-state index contributed by atoms with van der Waals surface area (Å²) in [7, 11) is -3.02. The highest BCUT2D eigenvalue weighted by molar-refractivity contribution is 7.89. The molecule has 1 aromatic rings. The number of nitrogens with two attached hydrogens (primary N) is 1. The van der Waals surface area contributed by atoms with E-state index >= 15 is 0 Å². The maximum absolute atomic E-state index is 12.2. The minimum absolute atomic E-state index is 0.0366. The molecule has 0 unspecified atom stereocenters. The van der Waals surface area contributed by atoms with Gasteiger partial charge in [-0.25, -0.2) is 8.42 Å². The number of carbonyl (C=O) groups is 1. The molecule has 22 heavy (non-hydrogen) atoms. The summed E-state index contributed by atoms with van der Waals surface area (Å²) in [5.41, 5.74) is 7.43. The second-order valence-electron chi connectivity index (χ2n) is 6.14. The van der Waals surface area contributed by atoms with Gasteiger partial charge in [-0.2, -0.15) is 0 Å². The van der Waals surface area contributed by atoms with Gasteiger partial charge in [0, 0.05) is 18.7 Å². The molecule has 0 heterocycles. The third-order valence-corrected chi connectivity index (χ3v) is 5.07. The molecule has 0 spiro atoms. The Balaban J connectivity index is 1.88. The van der Waals surface area contributed by atoms with Gasteiger partial charge < -0.3 is 11.1 Å². The molecule has 1 fully saturated rings. The summed E-state index contributed by atoms with van der Waals surface area (Å²) < 4.78 is 22.5. The smallest absolute Gasteiger partial charge is 0.223 e. The maximum atomic E-state index is 12.2. The van der Waals surface area contributed by atoms with Crippen LogP contribution in [0.2, 0.25) is 0 Å². The normalized spacial score (nSPS) is 21.7. The Morgan fingerprint density at radius 2 is 1.86 bits per heavy atom. The molecule has 0 radical (unpaired) electrons. The van der Waals surface area contributed by atoms with Gasteiger partial charge in [-0.3, -0.25) is 4.79 Å². The van der Waals surface area contributed by atoms with Crippen LogP contribution in [-0.2, 0) is 26.9 Å². The van der Waals surface area contributed by atoms with Gasteiger partial charge in [-0.1, -0.05) is 30.7 Å². The zero-order valence-corrected chi connectivity index (χ0v) is 13.7. The molecule has 1 aliphatic rings. The first-order valence-corrected chi connectivity index (χ1v) is 9.68. The van der Waals surface area contributed by atoms with E-state index in [1.807, 2.05) is 12.1 Å². The zero-order valence-electron chi connectivity index (χ0n) is 12.9. The highest BCUT2D eigenvalue weighted by Gasteiger charge is 2.31. The average Bonchev–Trinajstić information content (AvgIpc) is 2.93. The van der Waals surface area contributed by atoms with Crippen LogP contribution in [0.1, 0.15) is 30.4 Å². The molecule has 3 N–H and O–H groups in total. The highest BCUT2D eigenvalue weighted by Crippen LogP contribution is 2.30. The molecular weight excluding hydrogens is 300 g/mol. The Hall–Kier alpha value is -1.40. The summed E-state index contributed by atoms with van der Waals surface area (Å²) in [5, 5.41) is 2.96. The molecule has 0 bridgehead atoms. The highest BCUT2D eigenvalue weighted by atomic mass is 32.2. The second kappa shape index (κ2) is 7.24. The van der Waals surface area contributed by atoms with Gasteiger partial charge in [0.2, 0.25) is 5.91 Å². The summed E-state index contributed by atoms with van der Waals surface area (Å²) >= 11 is 0. The van der Waals surface area contributed by atoms with E-state index < -0.39 is 9.84 Å². The Morgan fingerprint density at radius 3 is 2.45 bits per heavy atom. The molecule has 0 saturated heterocycles. The standard InChI is InChI=1S/C16H24N2O3S/c1-22(20,21)11-13-7-5-12(6-8-13)10-18-16(19)15-4-2-3-14(15)9-17/h5-8,14-15H,2-4,9-11,17H2,1H3,(H,18,19)/t14-,15-/m1/s1. The Labute approximate surface area is 132 Å². The van der Waals surface area contributed by atoms with Crippen molar-refractivity contribution < 1.29 is 13.2 Å². The van der Waals surface area contributed by atoms with E-state index in [-0.39, 0.29) is 17.6 Å². The average molecular weight is 324 g/mol. The van der Waals surface area contributed by atoms with Gasteiger partial charge in [-0.05, 0) is 36.4 Å². The molecule has 1 aromatic carbocycles. The summed E-state index contributed by atoms with van der Waals surface area (Å²) in [6.45, 7) is 1.03. The largest absolute Gasteiger partial charge is 0.352 e. The van der Waals surface area contributed by atoms with E-state index in [0.29, 0.717) is 19.0 Å². The van der Waals surface area contributed by atoms with Crippen LogP contribution in [0.25, 0.3) is 0 Å². The molecule has 6 heteroatoms. The van der Waals surface area contributed by atoms with Gasteiger partial charge in [-0.15, -0.1) is 0 Å². The Morgan fingerprint density at radius 1 is 1.23 bits per heavy atom. The summed E-state index contributed by atoms with van der Waals surface area (Å²) in [4.78, 5) is 12.2. The molecule has 1 amide bonds. The van der Waals surface area contributed by atoms with Crippen LogP contribution in [-0.4, -0.2) is 27.1 Å². The fourth-order valence-electron chi connectivity index (χ4n) is 3.04. The lowest BCUT2D eigenvalue weighted by atomic mass is 9.95. The number of hydrogen-bond acceptors (Lipinski definition) is 4. The lowest BCUT2D eigenvalue weighted by Gasteiger charge is -2.17. The van der Waals surface area contributed by atoms with Gasteiger partial charge >= 0.3 is 0 Å². The topological polar surface area (TPSA) is 89.3 Å². The second-order valence-corrected chi connectivity index (χ2v) is 8.28. The third-order valence-electron chi connectivity index (χ3n) is 4.22. The molecule has 0 aliphatic heterocycles. The van der Waals surface area contributed by atoms with Crippen molar-refractivity contribution in [2.75, 3.05) is 12.8 Å². The lowest BCUT2D eigenvalue weighted by Crippen LogP contribution is -2.34. The van der Waals surface area contributed by atoms with Gasteiger partial charge in [0.25, 0.3) is 0 Å². The van der Waals surface area contributed by atoms with Crippen molar-refractivity contribution in [3.05, 3.63) is 35.4 Å². The van der Waals surface area contributed by atoms with Crippen LogP contribution in [0.5, 0.6) is 0 Å². The first-order valence-electron chi connectivity index (χ1n) is 7.62. The number of hydrogen-bond donors (Lipinski definition) is 2. The molecule has 122 valence electrons. The van der Waals surface area contributed by atoms with Crippen LogP contribution >= 0.6 is 0 Å². The molecule has 1 saturated carbocycles. The van der Waals surface area contributed by atoms with Crippen molar-refractivity contribution in [3.63, 3.8) is 0 Å². The van der Waals surface area contributed by atoms with Crippen LogP contribution in [0, 0.1) is 11.8 Å². The van der Waals surface area contributed by atoms with Crippen molar-refractivity contribution in [1.82, 2.24) is 5.32 Å². The summed E-state index contributed by atoms with van der Waals surface area (Å²) in [6, 6.07) is 7.30. The summed E-state index contributed by atoms with van der Waals surface area (Å²) in [5.74, 6) is 0.458. The number of amides is 1. The minimum Gasteiger partial charge on any atom is -0.352 e. The quantitative estimate of drug-likeness (QED) is 0.823. The van der Waals surface area contributed by atoms with Crippen LogP contribution in [0.15, 0.2) is 24.3 Å². The van der Waals surface area contributed by atoms with Crippen LogP contribution in [0.4, 0.5) is 0 Å². The van der Waals surface area contributed by atoms with E-state index in [9.17, 15) is 13.2 Å². The Bertz CT molecular complexity index is 611.